The number of hydrogen-bond acceptors (Lipinski definition) is 6. The number of rotatable bonds is 6. The summed E-state index contributed by atoms with van der Waals surface area (Å²) < 4.78 is 7.72. The lowest BCUT2D eigenvalue weighted by Gasteiger charge is -2.10. The molecule has 0 saturated carbocycles. The van der Waals surface area contributed by atoms with Gasteiger partial charge >= 0.3 is 0 Å². The number of thiazole rings is 1. The fourth-order valence-electron chi connectivity index (χ4n) is 6.80. The Morgan fingerprint density at radius 2 is 0.962 bits per heavy atom. The second kappa shape index (κ2) is 12.5. The van der Waals surface area contributed by atoms with Gasteiger partial charge in [-0.1, -0.05) is 133 Å². The molecule has 0 radical (unpaired) electrons. The van der Waals surface area contributed by atoms with E-state index >= 15 is 0 Å². The monoisotopic (exact) mass is 684 g/mol. The summed E-state index contributed by atoms with van der Waals surface area (Å²) in [5.74, 6) is 1.83. The van der Waals surface area contributed by atoms with E-state index in [0.717, 1.165) is 77.0 Å². The van der Waals surface area contributed by atoms with Crippen molar-refractivity contribution in [2.24, 2.45) is 0 Å². The molecule has 0 aliphatic carbocycles. The van der Waals surface area contributed by atoms with E-state index in [9.17, 15) is 0 Å². The van der Waals surface area contributed by atoms with E-state index in [1.54, 1.807) is 11.3 Å². The van der Waals surface area contributed by atoms with Gasteiger partial charge < -0.3 is 4.42 Å². The average molecular weight is 685 g/mol. The summed E-state index contributed by atoms with van der Waals surface area (Å²) in [4.78, 5) is 20.0. The second-order valence-electron chi connectivity index (χ2n) is 12.7. The van der Waals surface area contributed by atoms with Crippen molar-refractivity contribution in [3.63, 3.8) is 0 Å². The summed E-state index contributed by atoms with van der Waals surface area (Å²) in [5.41, 5.74) is 10.9. The first-order valence-electron chi connectivity index (χ1n) is 17.1. The quantitative estimate of drug-likeness (QED) is 0.174. The molecule has 0 N–H and O–H groups in total. The smallest absolute Gasteiger partial charge is 0.164 e. The first-order chi connectivity index (χ1) is 25.7. The van der Waals surface area contributed by atoms with Crippen molar-refractivity contribution in [2.45, 2.75) is 0 Å². The molecule has 0 fully saturated rings. The molecular formula is C46H28N4OS. The van der Waals surface area contributed by atoms with E-state index in [2.05, 4.69) is 115 Å². The number of para-hydroxylation sites is 1. The molecule has 3 heterocycles. The Bertz CT molecular complexity index is 2860. The minimum absolute atomic E-state index is 0.594. The Morgan fingerprint density at radius 3 is 1.75 bits per heavy atom. The Kier molecular flexibility index (Phi) is 7.25. The topological polar surface area (TPSA) is 64.7 Å². The number of hydrogen-bond donors (Lipinski definition) is 0. The van der Waals surface area contributed by atoms with E-state index in [0.29, 0.717) is 17.5 Å². The summed E-state index contributed by atoms with van der Waals surface area (Å²) in [6.45, 7) is 0. The number of nitrogens with zero attached hydrogens (tertiary/aromatic N) is 4. The van der Waals surface area contributed by atoms with Crippen molar-refractivity contribution in [3.05, 3.63) is 170 Å². The van der Waals surface area contributed by atoms with Gasteiger partial charge in [-0.2, -0.15) is 0 Å². The minimum Gasteiger partial charge on any atom is -0.456 e. The SMILES string of the molecule is c1ccc(-c2ccc(-c3nc(-c4ccccc4)nc(-c4cccc5oc6cc(-c7cccc(-c8nc9ccccc9s8)c7)ccc6c45)n3)cc2)cc1. The number of benzene rings is 7. The Morgan fingerprint density at radius 1 is 0.385 bits per heavy atom. The van der Waals surface area contributed by atoms with Crippen LogP contribution < -0.4 is 0 Å². The molecule has 0 aliphatic rings. The van der Waals surface area contributed by atoms with Crippen LogP contribution in [0.25, 0.3) is 99.1 Å². The molecule has 0 unspecified atom stereocenters. The van der Waals surface area contributed by atoms with Gasteiger partial charge in [0, 0.05) is 33.0 Å². The zero-order valence-electron chi connectivity index (χ0n) is 27.8. The fraction of sp³-hybridized carbons (Fsp3) is 0. The zero-order chi connectivity index (χ0) is 34.4. The van der Waals surface area contributed by atoms with E-state index in [1.165, 1.54) is 4.70 Å². The van der Waals surface area contributed by atoms with Crippen molar-refractivity contribution in [3.8, 4) is 67.0 Å². The third-order valence-electron chi connectivity index (χ3n) is 9.39. The molecule has 52 heavy (non-hydrogen) atoms. The number of furan rings is 1. The lowest BCUT2D eigenvalue weighted by atomic mass is 10.00. The van der Waals surface area contributed by atoms with Crippen LogP contribution >= 0.6 is 11.3 Å². The van der Waals surface area contributed by atoms with Gasteiger partial charge in [-0.15, -0.1) is 11.3 Å². The maximum Gasteiger partial charge on any atom is 0.164 e. The van der Waals surface area contributed by atoms with Crippen LogP contribution in [0.15, 0.2) is 174 Å². The molecule has 0 amide bonds. The summed E-state index contributed by atoms with van der Waals surface area (Å²) in [6, 6.07) is 58.2. The van der Waals surface area contributed by atoms with Gasteiger partial charge in [0.05, 0.1) is 10.2 Å². The highest BCUT2D eigenvalue weighted by Crippen LogP contribution is 2.39. The van der Waals surface area contributed by atoms with E-state index in [1.807, 2.05) is 54.6 Å². The highest BCUT2D eigenvalue weighted by Gasteiger charge is 2.18. The molecule has 5 nitrogen and oxygen atoms in total. The summed E-state index contributed by atoms with van der Waals surface area (Å²) in [7, 11) is 0. The lowest BCUT2D eigenvalue weighted by molar-refractivity contribution is 0.669. The molecule has 0 bridgehead atoms. The van der Waals surface area contributed by atoms with Crippen LogP contribution in [0.1, 0.15) is 0 Å². The Hall–Kier alpha value is -6.76. The molecule has 10 rings (SSSR count). The summed E-state index contributed by atoms with van der Waals surface area (Å²) in [6.07, 6.45) is 0. The number of aromatic nitrogens is 4. The lowest BCUT2D eigenvalue weighted by Crippen LogP contribution is -2.00. The van der Waals surface area contributed by atoms with Crippen LogP contribution in [0.2, 0.25) is 0 Å². The van der Waals surface area contributed by atoms with Gasteiger partial charge in [0.1, 0.15) is 16.2 Å². The fourth-order valence-corrected chi connectivity index (χ4v) is 7.77. The predicted octanol–water partition coefficient (Wildman–Crippen LogP) is 12.4. The van der Waals surface area contributed by atoms with Crippen molar-refractivity contribution in [1.29, 1.82) is 0 Å². The molecule has 0 spiro atoms. The van der Waals surface area contributed by atoms with Crippen LogP contribution in [-0.2, 0) is 0 Å². The van der Waals surface area contributed by atoms with Gasteiger partial charge in [0.15, 0.2) is 17.5 Å². The van der Waals surface area contributed by atoms with E-state index in [4.69, 9.17) is 24.4 Å². The summed E-state index contributed by atoms with van der Waals surface area (Å²) in [5, 5.41) is 2.99. The van der Waals surface area contributed by atoms with Gasteiger partial charge in [-0.05, 0) is 58.7 Å². The number of fused-ring (bicyclic) bond motifs is 4. The van der Waals surface area contributed by atoms with Crippen molar-refractivity contribution in [2.75, 3.05) is 0 Å². The largest absolute Gasteiger partial charge is 0.456 e. The van der Waals surface area contributed by atoms with Gasteiger partial charge in [-0.3, -0.25) is 0 Å². The standard InChI is InChI=1S/C46H28N4OS/c1-3-11-29(12-4-1)30-21-23-32(24-22-30)44-48-43(31-13-5-2-6-14-31)49-45(50-44)37-17-10-19-39-42(37)36-26-25-34(28-40(36)51-39)33-15-9-16-35(27-33)46-47-38-18-7-8-20-41(38)52-46/h1-28H. The molecule has 0 saturated heterocycles. The zero-order valence-corrected chi connectivity index (χ0v) is 28.6. The first kappa shape index (κ1) is 30.1. The third kappa shape index (κ3) is 5.43. The van der Waals surface area contributed by atoms with E-state index in [-0.39, 0.29) is 0 Å². The van der Waals surface area contributed by atoms with Gasteiger partial charge in [0.2, 0.25) is 0 Å². The normalized spacial score (nSPS) is 11.5. The molecule has 0 atom stereocenters. The molecule has 10 aromatic rings. The Labute approximate surface area is 303 Å². The van der Waals surface area contributed by atoms with Crippen LogP contribution in [0.5, 0.6) is 0 Å². The molecule has 3 aromatic heterocycles. The predicted molar refractivity (Wildman–Crippen MR) is 213 cm³/mol. The van der Waals surface area contributed by atoms with Crippen molar-refractivity contribution < 1.29 is 4.42 Å². The van der Waals surface area contributed by atoms with Crippen LogP contribution in [0, 0.1) is 0 Å². The first-order valence-corrected chi connectivity index (χ1v) is 17.9. The van der Waals surface area contributed by atoms with Crippen molar-refractivity contribution >= 4 is 43.5 Å². The second-order valence-corrected chi connectivity index (χ2v) is 13.7. The van der Waals surface area contributed by atoms with Gasteiger partial charge in [-0.25, -0.2) is 19.9 Å². The van der Waals surface area contributed by atoms with Crippen molar-refractivity contribution in [1.82, 2.24) is 19.9 Å². The highest BCUT2D eigenvalue weighted by atomic mass is 32.1. The molecule has 244 valence electrons. The Balaban J connectivity index is 1.07. The highest BCUT2D eigenvalue weighted by molar-refractivity contribution is 7.21. The van der Waals surface area contributed by atoms with Crippen LogP contribution in [-0.4, -0.2) is 19.9 Å². The van der Waals surface area contributed by atoms with Crippen LogP contribution in [0.4, 0.5) is 0 Å². The summed E-state index contributed by atoms with van der Waals surface area (Å²) >= 11 is 1.71. The average Bonchev–Trinajstić information content (AvgIpc) is 3.83. The molecule has 6 heteroatoms. The maximum atomic E-state index is 6.54. The molecular weight excluding hydrogens is 657 g/mol. The molecule has 7 aromatic carbocycles. The maximum absolute atomic E-state index is 6.54. The minimum atomic E-state index is 0.594. The van der Waals surface area contributed by atoms with E-state index < -0.39 is 0 Å². The van der Waals surface area contributed by atoms with Crippen LogP contribution in [0.3, 0.4) is 0 Å². The third-order valence-corrected chi connectivity index (χ3v) is 10.5. The van der Waals surface area contributed by atoms with Gasteiger partial charge in [0.25, 0.3) is 0 Å². The molecule has 0 aliphatic heterocycles.